The third kappa shape index (κ3) is 3.72. The van der Waals surface area contributed by atoms with Crippen LogP contribution in [0.2, 0.25) is 0 Å². The molecule has 0 aliphatic rings. The highest BCUT2D eigenvalue weighted by atomic mass is 16.5. The summed E-state index contributed by atoms with van der Waals surface area (Å²) in [6.07, 6.45) is 3.86. The smallest absolute Gasteiger partial charge is 0.338 e. The van der Waals surface area contributed by atoms with Gasteiger partial charge in [-0.15, -0.1) is 0 Å². The van der Waals surface area contributed by atoms with Crippen LogP contribution in [0.4, 0.5) is 0 Å². The molecule has 0 atom stereocenters. The molecule has 0 amide bonds. The molecule has 21 heavy (non-hydrogen) atoms. The van der Waals surface area contributed by atoms with Crippen molar-refractivity contribution in [2.75, 3.05) is 14.2 Å². The predicted molar refractivity (Wildman–Crippen MR) is 84.4 cm³/mol. The first-order chi connectivity index (χ1) is 10.1. The van der Waals surface area contributed by atoms with Gasteiger partial charge >= 0.3 is 5.97 Å². The van der Waals surface area contributed by atoms with Crippen molar-refractivity contribution in [3.8, 4) is 5.75 Å². The van der Waals surface area contributed by atoms with Crippen molar-refractivity contribution in [2.24, 2.45) is 0 Å². The van der Waals surface area contributed by atoms with E-state index in [9.17, 15) is 4.79 Å². The van der Waals surface area contributed by atoms with Crippen LogP contribution in [0.3, 0.4) is 0 Å². The lowest BCUT2D eigenvalue weighted by Gasteiger charge is -2.05. The van der Waals surface area contributed by atoms with Gasteiger partial charge in [0.15, 0.2) is 0 Å². The van der Waals surface area contributed by atoms with Crippen molar-refractivity contribution < 1.29 is 14.3 Å². The zero-order chi connectivity index (χ0) is 15.2. The molecular weight excluding hydrogens is 264 g/mol. The van der Waals surface area contributed by atoms with Crippen LogP contribution in [0, 0.1) is 6.92 Å². The van der Waals surface area contributed by atoms with E-state index >= 15 is 0 Å². The van der Waals surface area contributed by atoms with E-state index in [1.54, 1.807) is 13.2 Å². The predicted octanol–water partition coefficient (Wildman–Crippen LogP) is 3.96. The summed E-state index contributed by atoms with van der Waals surface area (Å²) >= 11 is 0. The quantitative estimate of drug-likeness (QED) is 0.629. The van der Waals surface area contributed by atoms with E-state index in [0.717, 1.165) is 22.4 Å². The largest absolute Gasteiger partial charge is 0.497 e. The molecule has 0 saturated heterocycles. The Hall–Kier alpha value is -2.55. The summed E-state index contributed by atoms with van der Waals surface area (Å²) in [5.41, 5.74) is 3.52. The Bertz CT molecular complexity index is 672. The molecule has 0 N–H and O–H groups in total. The first-order valence-corrected chi connectivity index (χ1v) is 6.65. The van der Waals surface area contributed by atoms with Gasteiger partial charge in [-0.2, -0.15) is 0 Å². The molecule has 3 nitrogen and oxygen atoms in total. The van der Waals surface area contributed by atoms with E-state index in [4.69, 9.17) is 9.47 Å². The molecule has 0 aromatic heterocycles. The number of methoxy groups -OCH3 is 2. The van der Waals surface area contributed by atoms with Crippen LogP contribution >= 0.6 is 0 Å². The second-order valence-corrected chi connectivity index (χ2v) is 4.70. The molecule has 2 rings (SSSR count). The second kappa shape index (κ2) is 6.75. The van der Waals surface area contributed by atoms with Gasteiger partial charge < -0.3 is 9.47 Å². The van der Waals surface area contributed by atoms with Crippen LogP contribution in [0.15, 0.2) is 42.5 Å². The Kier molecular flexibility index (Phi) is 4.77. The molecule has 2 aromatic carbocycles. The van der Waals surface area contributed by atoms with Crippen molar-refractivity contribution in [2.45, 2.75) is 6.92 Å². The van der Waals surface area contributed by atoms with Crippen molar-refractivity contribution in [1.82, 2.24) is 0 Å². The van der Waals surface area contributed by atoms with Crippen molar-refractivity contribution in [1.29, 1.82) is 0 Å². The molecule has 0 aliphatic heterocycles. The Morgan fingerprint density at radius 1 is 1.05 bits per heavy atom. The molecule has 0 fully saturated rings. The number of carbonyl (C=O) groups is 1. The summed E-state index contributed by atoms with van der Waals surface area (Å²) in [7, 11) is 3.03. The molecule has 0 spiro atoms. The van der Waals surface area contributed by atoms with E-state index in [2.05, 4.69) is 6.07 Å². The standard InChI is InChI=1S/C18H18O3/c1-13-10-14(12-16(11-13)20-2)8-9-15-6-4-5-7-17(15)18(19)21-3/h4-12H,1-3H3. The average Bonchev–Trinajstić information content (AvgIpc) is 2.51. The maximum absolute atomic E-state index is 11.7. The highest BCUT2D eigenvalue weighted by Gasteiger charge is 2.08. The Morgan fingerprint density at radius 3 is 2.52 bits per heavy atom. The molecule has 0 saturated carbocycles. The molecule has 0 bridgehead atoms. The molecule has 3 heteroatoms. The fourth-order valence-corrected chi connectivity index (χ4v) is 2.11. The van der Waals surface area contributed by atoms with Crippen LogP contribution in [-0.2, 0) is 4.74 Å². The minimum atomic E-state index is -0.336. The zero-order valence-corrected chi connectivity index (χ0v) is 12.4. The molecular formula is C18H18O3. The Balaban J connectivity index is 2.34. The third-order valence-electron chi connectivity index (χ3n) is 3.13. The summed E-state index contributed by atoms with van der Waals surface area (Å²) in [5, 5.41) is 0. The summed E-state index contributed by atoms with van der Waals surface area (Å²) < 4.78 is 10.1. The Morgan fingerprint density at radius 2 is 1.81 bits per heavy atom. The Labute approximate surface area is 124 Å². The van der Waals surface area contributed by atoms with Gasteiger partial charge in [-0.05, 0) is 41.8 Å². The van der Waals surface area contributed by atoms with E-state index in [-0.39, 0.29) is 5.97 Å². The maximum atomic E-state index is 11.7. The maximum Gasteiger partial charge on any atom is 0.338 e. The highest BCUT2D eigenvalue weighted by molar-refractivity contribution is 5.94. The van der Waals surface area contributed by atoms with Crippen LogP contribution in [-0.4, -0.2) is 20.2 Å². The van der Waals surface area contributed by atoms with Crippen molar-refractivity contribution in [3.05, 3.63) is 64.7 Å². The van der Waals surface area contributed by atoms with E-state index < -0.39 is 0 Å². The van der Waals surface area contributed by atoms with Gasteiger partial charge in [-0.25, -0.2) is 4.79 Å². The van der Waals surface area contributed by atoms with Crippen molar-refractivity contribution >= 4 is 18.1 Å². The normalized spacial score (nSPS) is 10.6. The van der Waals surface area contributed by atoms with Gasteiger partial charge in [-0.1, -0.05) is 36.4 Å². The van der Waals surface area contributed by atoms with Gasteiger partial charge in [0.2, 0.25) is 0 Å². The number of benzene rings is 2. The fraction of sp³-hybridized carbons (Fsp3) is 0.167. The molecule has 0 heterocycles. The molecule has 0 aliphatic carbocycles. The van der Waals surface area contributed by atoms with Crippen LogP contribution < -0.4 is 4.74 Å². The van der Waals surface area contributed by atoms with Crippen LogP contribution in [0.5, 0.6) is 5.75 Å². The van der Waals surface area contributed by atoms with E-state index in [0.29, 0.717) is 5.56 Å². The third-order valence-corrected chi connectivity index (χ3v) is 3.13. The minimum Gasteiger partial charge on any atom is -0.497 e. The van der Waals surface area contributed by atoms with Gasteiger partial charge in [0.05, 0.1) is 19.8 Å². The second-order valence-electron chi connectivity index (χ2n) is 4.70. The number of hydrogen-bond acceptors (Lipinski definition) is 3. The first kappa shape index (κ1) is 14.9. The highest BCUT2D eigenvalue weighted by Crippen LogP contribution is 2.19. The van der Waals surface area contributed by atoms with Gasteiger partial charge in [0, 0.05) is 0 Å². The number of aryl methyl sites for hydroxylation is 1. The van der Waals surface area contributed by atoms with Crippen LogP contribution in [0.1, 0.15) is 27.0 Å². The molecule has 2 aromatic rings. The molecule has 0 radical (unpaired) electrons. The topological polar surface area (TPSA) is 35.5 Å². The van der Waals surface area contributed by atoms with Crippen LogP contribution in [0.25, 0.3) is 12.2 Å². The molecule has 108 valence electrons. The first-order valence-electron chi connectivity index (χ1n) is 6.65. The van der Waals surface area contributed by atoms with Crippen molar-refractivity contribution in [3.63, 3.8) is 0 Å². The van der Waals surface area contributed by atoms with E-state index in [1.165, 1.54) is 7.11 Å². The fourth-order valence-electron chi connectivity index (χ4n) is 2.11. The summed E-state index contributed by atoms with van der Waals surface area (Å²) in [6, 6.07) is 13.3. The summed E-state index contributed by atoms with van der Waals surface area (Å²) in [4.78, 5) is 11.7. The lowest BCUT2D eigenvalue weighted by atomic mass is 10.0. The monoisotopic (exact) mass is 282 g/mol. The zero-order valence-electron chi connectivity index (χ0n) is 12.4. The SMILES string of the molecule is COC(=O)c1ccccc1C=Cc1cc(C)cc(OC)c1. The van der Waals surface area contributed by atoms with Gasteiger partial charge in [0.25, 0.3) is 0 Å². The number of rotatable bonds is 4. The lowest BCUT2D eigenvalue weighted by molar-refractivity contribution is 0.0600. The summed E-state index contributed by atoms with van der Waals surface area (Å²) in [6.45, 7) is 2.02. The number of hydrogen-bond donors (Lipinski definition) is 0. The summed E-state index contributed by atoms with van der Waals surface area (Å²) in [5.74, 6) is 0.480. The van der Waals surface area contributed by atoms with E-state index in [1.807, 2.05) is 49.4 Å². The van der Waals surface area contributed by atoms with Gasteiger partial charge in [0.1, 0.15) is 5.75 Å². The average molecular weight is 282 g/mol. The lowest BCUT2D eigenvalue weighted by Crippen LogP contribution is -2.02. The number of ether oxygens (including phenoxy) is 2. The van der Waals surface area contributed by atoms with Gasteiger partial charge in [-0.3, -0.25) is 0 Å². The molecule has 0 unspecified atom stereocenters. The number of carbonyl (C=O) groups excluding carboxylic acids is 1. The minimum absolute atomic E-state index is 0.336. The number of esters is 1.